The molecule has 0 aliphatic heterocycles. The van der Waals surface area contributed by atoms with Gasteiger partial charge in [0.2, 0.25) is 0 Å². The topological polar surface area (TPSA) is 84.2 Å². The lowest BCUT2D eigenvalue weighted by atomic mass is 10.4. The highest BCUT2D eigenvalue weighted by atomic mass is 32.2. The summed E-state index contributed by atoms with van der Waals surface area (Å²) in [4.78, 5) is 3.74. The van der Waals surface area contributed by atoms with Crippen LogP contribution in [0.25, 0.3) is 0 Å². The van der Waals surface area contributed by atoms with E-state index < -0.39 is 28.8 Å². The molecule has 19 heavy (non-hydrogen) atoms. The average molecular weight is 301 g/mol. The number of sulfonamides is 1. The Balaban J connectivity index is 2.81. The van der Waals surface area contributed by atoms with E-state index in [0.717, 1.165) is 0 Å². The molecule has 1 heterocycles. The minimum absolute atomic E-state index is 0.374. The van der Waals surface area contributed by atoms with Crippen LogP contribution in [-0.2, 0) is 16.6 Å². The van der Waals surface area contributed by atoms with Gasteiger partial charge < -0.3 is 9.67 Å². The minimum Gasteiger partial charge on any atom is -0.382 e. The van der Waals surface area contributed by atoms with Crippen LogP contribution in [0.1, 0.15) is 12.7 Å². The van der Waals surface area contributed by atoms with Crippen LogP contribution in [0.4, 0.5) is 13.2 Å². The first-order chi connectivity index (χ1) is 8.58. The second kappa shape index (κ2) is 5.47. The third-order valence-corrected chi connectivity index (χ3v) is 3.71. The second-order valence-electron chi connectivity index (χ2n) is 3.82. The van der Waals surface area contributed by atoms with E-state index in [-0.39, 0.29) is 5.03 Å². The molecule has 2 N–H and O–H groups in total. The number of imidazole rings is 1. The number of nitrogens with one attached hydrogen (secondary N) is 1. The smallest absolute Gasteiger partial charge is 0.382 e. The summed E-state index contributed by atoms with van der Waals surface area (Å²) in [5, 5.41) is 8.35. The third-order valence-electron chi connectivity index (χ3n) is 2.41. The van der Waals surface area contributed by atoms with E-state index in [9.17, 15) is 21.6 Å². The molecule has 110 valence electrons. The average Bonchev–Trinajstić information content (AvgIpc) is 2.67. The number of aliphatic hydroxyl groups is 1. The maximum Gasteiger partial charge on any atom is 0.415 e. The van der Waals surface area contributed by atoms with Crippen molar-refractivity contribution in [2.24, 2.45) is 0 Å². The number of alkyl halides is 3. The van der Waals surface area contributed by atoms with Crippen LogP contribution in [0.15, 0.2) is 11.2 Å². The molecule has 1 unspecified atom stereocenters. The molecule has 1 rings (SSSR count). The SMILES string of the molecule is CCn1cc(S(=O)(=O)NCC(O)C(F)(F)F)nc1C. The van der Waals surface area contributed by atoms with Gasteiger partial charge in [0.1, 0.15) is 5.82 Å². The first-order valence-corrected chi connectivity index (χ1v) is 6.84. The van der Waals surface area contributed by atoms with Gasteiger partial charge in [-0.2, -0.15) is 13.2 Å². The van der Waals surface area contributed by atoms with Crippen LogP contribution in [0, 0.1) is 6.92 Å². The Bertz CT molecular complexity index is 539. The molecule has 0 aromatic carbocycles. The van der Waals surface area contributed by atoms with Gasteiger partial charge in [0.15, 0.2) is 11.1 Å². The molecule has 0 amide bonds. The first kappa shape index (κ1) is 15.9. The van der Waals surface area contributed by atoms with Crippen molar-refractivity contribution in [3.05, 3.63) is 12.0 Å². The number of hydrogen-bond donors (Lipinski definition) is 2. The lowest BCUT2D eigenvalue weighted by molar-refractivity contribution is -0.200. The number of aromatic nitrogens is 2. The summed E-state index contributed by atoms with van der Waals surface area (Å²) in [6, 6.07) is 0. The van der Waals surface area contributed by atoms with E-state index in [1.54, 1.807) is 18.6 Å². The van der Waals surface area contributed by atoms with Crippen molar-refractivity contribution in [3.63, 3.8) is 0 Å². The van der Waals surface area contributed by atoms with Crippen LogP contribution in [0.3, 0.4) is 0 Å². The predicted octanol–water partition coefficient (Wildman–Crippen LogP) is 0.413. The Morgan fingerprint density at radius 3 is 2.53 bits per heavy atom. The van der Waals surface area contributed by atoms with Gasteiger partial charge >= 0.3 is 6.18 Å². The summed E-state index contributed by atoms with van der Waals surface area (Å²) in [5.74, 6) is 0.430. The van der Waals surface area contributed by atoms with Gasteiger partial charge in [-0.1, -0.05) is 0 Å². The van der Waals surface area contributed by atoms with E-state index >= 15 is 0 Å². The molecule has 1 aromatic heterocycles. The highest BCUT2D eigenvalue weighted by Gasteiger charge is 2.38. The molecule has 1 aromatic rings. The molecule has 0 saturated carbocycles. The molecule has 6 nitrogen and oxygen atoms in total. The fourth-order valence-electron chi connectivity index (χ4n) is 1.31. The van der Waals surface area contributed by atoms with E-state index in [1.165, 1.54) is 10.8 Å². The summed E-state index contributed by atoms with van der Waals surface area (Å²) in [6.45, 7) is 2.68. The molecule has 0 aliphatic rings. The van der Waals surface area contributed by atoms with Gasteiger partial charge in [0.25, 0.3) is 10.0 Å². The lowest BCUT2D eigenvalue weighted by Crippen LogP contribution is -2.40. The Morgan fingerprint density at radius 1 is 1.53 bits per heavy atom. The zero-order valence-electron chi connectivity index (χ0n) is 10.3. The summed E-state index contributed by atoms with van der Waals surface area (Å²) >= 11 is 0. The number of aliphatic hydroxyl groups excluding tert-OH is 1. The number of rotatable bonds is 5. The van der Waals surface area contributed by atoms with E-state index in [0.29, 0.717) is 12.4 Å². The highest BCUT2D eigenvalue weighted by molar-refractivity contribution is 7.89. The highest BCUT2D eigenvalue weighted by Crippen LogP contribution is 2.19. The largest absolute Gasteiger partial charge is 0.415 e. The maximum absolute atomic E-state index is 12.0. The summed E-state index contributed by atoms with van der Waals surface area (Å²) in [5.41, 5.74) is 0. The molecule has 0 radical (unpaired) electrons. The van der Waals surface area contributed by atoms with Crippen molar-refractivity contribution in [1.82, 2.24) is 14.3 Å². The van der Waals surface area contributed by atoms with Gasteiger partial charge in [-0.05, 0) is 13.8 Å². The lowest BCUT2D eigenvalue weighted by Gasteiger charge is -2.14. The normalized spacial score (nSPS) is 14.6. The number of aryl methyl sites for hydroxylation is 2. The molecular formula is C9H14F3N3O3S. The van der Waals surface area contributed by atoms with Crippen LogP contribution in [0.5, 0.6) is 0 Å². The number of hydrogen-bond acceptors (Lipinski definition) is 4. The van der Waals surface area contributed by atoms with Crippen molar-refractivity contribution >= 4 is 10.0 Å². The van der Waals surface area contributed by atoms with Gasteiger partial charge in [-0.15, -0.1) is 0 Å². The van der Waals surface area contributed by atoms with Crippen LogP contribution in [-0.4, -0.2) is 41.9 Å². The fraction of sp³-hybridized carbons (Fsp3) is 0.667. The molecule has 0 fully saturated rings. The Labute approximate surface area is 108 Å². The van der Waals surface area contributed by atoms with Crippen molar-refractivity contribution in [2.75, 3.05) is 6.54 Å². The van der Waals surface area contributed by atoms with Crippen molar-refractivity contribution in [2.45, 2.75) is 37.7 Å². The standard InChI is InChI=1S/C9H14F3N3O3S/c1-3-15-5-8(14-6(15)2)19(17,18)13-4-7(16)9(10,11)12/h5,7,13,16H,3-4H2,1-2H3. The van der Waals surface area contributed by atoms with Gasteiger partial charge in [0.05, 0.1) is 0 Å². The molecule has 0 spiro atoms. The zero-order valence-corrected chi connectivity index (χ0v) is 11.1. The molecular weight excluding hydrogens is 287 g/mol. The molecule has 10 heteroatoms. The number of nitrogens with zero attached hydrogens (tertiary/aromatic N) is 2. The quantitative estimate of drug-likeness (QED) is 0.825. The molecule has 0 saturated heterocycles. The number of halogens is 3. The van der Waals surface area contributed by atoms with Crippen LogP contribution < -0.4 is 4.72 Å². The fourth-order valence-corrected chi connectivity index (χ4v) is 2.35. The van der Waals surface area contributed by atoms with E-state index in [4.69, 9.17) is 5.11 Å². The van der Waals surface area contributed by atoms with Crippen LogP contribution in [0.2, 0.25) is 0 Å². The van der Waals surface area contributed by atoms with E-state index in [2.05, 4.69) is 4.98 Å². The molecule has 0 bridgehead atoms. The first-order valence-electron chi connectivity index (χ1n) is 5.36. The zero-order chi connectivity index (χ0) is 14.8. The predicted molar refractivity (Wildman–Crippen MR) is 59.9 cm³/mol. The Hall–Kier alpha value is -1.13. The maximum atomic E-state index is 12.0. The van der Waals surface area contributed by atoms with Gasteiger partial charge in [0, 0.05) is 19.3 Å². The Kier molecular flexibility index (Phi) is 4.59. The third kappa shape index (κ3) is 3.91. The summed E-state index contributed by atoms with van der Waals surface area (Å²) < 4.78 is 62.7. The van der Waals surface area contributed by atoms with Crippen molar-refractivity contribution < 1.29 is 26.7 Å². The van der Waals surface area contributed by atoms with Gasteiger partial charge in [-0.3, -0.25) is 0 Å². The van der Waals surface area contributed by atoms with Crippen molar-refractivity contribution in [1.29, 1.82) is 0 Å². The second-order valence-corrected chi connectivity index (χ2v) is 5.54. The monoisotopic (exact) mass is 301 g/mol. The summed E-state index contributed by atoms with van der Waals surface area (Å²) in [7, 11) is -4.17. The van der Waals surface area contributed by atoms with Gasteiger partial charge in [-0.25, -0.2) is 18.1 Å². The van der Waals surface area contributed by atoms with E-state index in [1.807, 2.05) is 0 Å². The van der Waals surface area contributed by atoms with Crippen LogP contribution >= 0.6 is 0 Å². The molecule has 1 atom stereocenters. The summed E-state index contributed by atoms with van der Waals surface area (Å²) in [6.07, 6.45) is -6.41. The Morgan fingerprint density at radius 2 is 2.11 bits per heavy atom. The minimum atomic E-state index is -4.87. The van der Waals surface area contributed by atoms with Crippen molar-refractivity contribution in [3.8, 4) is 0 Å². The molecule has 0 aliphatic carbocycles.